The number of carbonyl (C=O) groups is 3. The van der Waals surface area contributed by atoms with Crippen LogP contribution in [-0.2, 0) is 14.4 Å². The smallest absolute Gasteiger partial charge is 0.414 e. The molecule has 2 aromatic carbocycles. The number of anilines is 1. The molecule has 0 aliphatic carbocycles. The molecule has 0 saturated heterocycles. The summed E-state index contributed by atoms with van der Waals surface area (Å²) in [7, 11) is 0. The maximum Gasteiger partial charge on any atom is 0.414 e. The van der Waals surface area contributed by atoms with Crippen LogP contribution in [0.5, 0.6) is 0 Å². The van der Waals surface area contributed by atoms with Gasteiger partial charge in [0.25, 0.3) is 0 Å². The van der Waals surface area contributed by atoms with Gasteiger partial charge in [0.15, 0.2) is 0 Å². The predicted molar refractivity (Wildman–Crippen MR) is 123 cm³/mol. The molecule has 0 aliphatic rings. The first-order valence-corrected chi connectivity index (χ1v) is 10.4. The van der Waals surface area contributed by atoms with E-state index in [4.69, 9.17) is 19.8 Å². The number of carboxylic acid groups (broad SMARTS) is 2. The summed E-state index contributed by atoms with van der Waals surface area (Å²) >= 11 is 0. The fourth-order valence-corrected chi connectivity index (χ4v) is 2.99. The molecule has 1 atom stereocenters. The first kappa shape index (κ1) is 26.8. The topological polar surface area (TPSA) is 136 Å². The lowest BCUT2D eigenvalue weighted by molar-refractivity contribution is -0.159. The molecule has 0 aliphatic heterocycles. The number of aliphatic hydroxyl groups excluding tert-OH is 1. The van der Waals surface area contributed by atoms with E-state index < -0.39 is 18.0 Å². The van der Waals surface area contributed by atoms with Crippen molar-refractivity contribution in [3.8, 4) is 0 Å². The number of nitrogens with one attached hydrogen (secondary N) is 2. The SMILES string of the molecule is CC(C)c1cccc(C(C)C)c1NC(=O)CNCC(O)c1ccccc1.O=C(O)C(=O)O. The van der Waals surface area contributed by atoms with E-state index in [1.54, 1.807) is 0 Å². The standard InChI is InChI=1S/C22H30N2O2.C2H2O4/c1-15(2)18-11-8-12-19(16(3)4)22(18)24-21(26)14-23-13-20(25)17-9-6-5-7-10-17;3-1(4)2(5)6/h5-12,15-16,20,23,25H,13-14H2,1-4H3,(H,24,26);(H,3,4)(H,5,6). The summed E-state index contributed by atoms with van der Waals surface area (Å²) in [4.78, 5) is 30.6. The first-order chi connectivity index (χ1) is 15.0. The highest BCUT2D eigenvalue weighted by molar-refractivity contribution is 6.27. The Bertz CT molecular complexity index is 858. The highest BCUT2D eigenvalue weighted by Crippen LogP contribution is 2.32. The van der Waals surface area contributed by atoms with Gasteiger partial charge in [-0.25, -0.2) is 9.59 Å². The molecular weight excluding hydrogens is 412 g/mol. The van der Waals surface area contributed by atoms with Gasteiger partial charge >= 0.3 is 11.9 Å². The number of carboxylic acids is 2. The summed E-state index contributed by atoms with van der Waals surface area (Å²) < 4.78 is 0. The zero-order chi connectivity index (χ0) is 24.3. The van der Waals surface area contributed by atoms with Crippen LogP contribution in [0.2, 0.25) is 0 Å². The summed E-state index contributed by atoms with van der Waals surface area (Å²) in [6.07, 6.45) is -0.627. The van der Waals surface area contributed by atoms with Gasteiger partial charge in [0.2, 0.25) is 5.91 Å². The number of aliphatic hydroxyl groups is 1. The number of rotatable bonds is 8. The molecule has 1 amide bonds. The number of aliphatic carboxylic acids is 2. The molecule has 0 radical (unpaired) electrons. The second-order valence-corrected chi connectivity index (χ2v) is 7.84. The van der Waals surface area contributed by atoms with Gasteiger partial charge in [-0.1, -0.05) is 76.2 Å². The lowest BCUT2D eigenvalue weighted by atomic mass is 9.92. The molecule has 0 heterocycles. The van der Waals surface area contributed by atoms with Gasteiger partial charge in [0.1, 0.15) is 0 Å². The minimum absolute atomic E-state index is 0.0970. The van der Waals surface area contributed by atoms with Crippen molar-refractivity contribution in [1.82, 2.24) is 5.32 Å². The lowest BCUT2D eigenvalue weighted by Crippen LogP contribution is -2.31. The van der Waals surface area contributed by atoms with Crippen LogP contribution in [0.4, 0.5) is 5.69 Å². The van der Waals surface area contributed by atoms with Crippen molar-refractivity contribution in [1.29, 1.82) is 0 Å². The van der Waals surface area contributed by atoms with Crippen LogP contribution in [0, 0.1) is 0 Å². The molecule has 0 fully saturated rings. The van der Waals surface area contributed by atoms with E-state index in [0.717, 1.165) is 22.4 Å². The Labute approximate surface area is 188 Å². The Morgan fingerprint density at radius 2 is 1.31 bits per heavy atom. The Morgan fingerprint density at radius 3 is 1.75 bits per heavy atom. The molecule has 0 spiro atoms. The van der Waals surface area contributed by atoms with Crippen LogP contribution in [0.3, 0.4) is 0 Å². The predicted octanol–water partition coefficient (Wildman–Crippen LogP) is 3.35. The largest absolute Gasteiger partial charge is 0.473 e. The quantitative estimate of drug-likeness (QED) is 0.394. The number of benzene rings is 2. The minimum Gasteiger partial charge on any atom is -0.473 e. The van der Waals surface area contributed by atoms with Crippen molar-refractivity contribution in [2.24, 2.45) is 0 Å². The van der Waals surface area contributed by atoms with Crippen LogP contribution in [-0.4, -0.2) is 46.3 Å². The van der Waals surface area contributed by atoms with Gasteiger partial charge < -0.3 is 26.0 Å². The Hall–Kier alpha value is -3.23. The average Bonchev–Trinajstić information content (AvgIpc) is 2.74. The molecule has 174 valence electrons. The van der Waals surface area contributed by atoms with E-state index in [2.05, 4.69) is 56.5 Å². The third-order valence-corrected chi connectivity index (χ3v) is 4.63. The highest BCUT2D eigenvalue weighted by Gasteiger charge is 2.16. The molecule has 2 rings (SSSR count). The van der Waals surface area contributed by atoms with E-state index >= 15 is 0 Å². The number of para-hydroxylation sites is 1. The van der Waals surface area contributed by atoms with Crippen molar-refractivity contribution in [2.45, 2.75) is 45.6 Å². The molecule has 0 aromatic heterocycles. The Kier molecular flexibility index (Phi) is 11.1. The Balaban J connectivity index is 0.000000751. The van der Waals surface area contributed by atoms with E-state index in [1.807, 2.05) is 30.3 Å². The molecule has 8 heteroatoms. The van der Waals surface area contributed by atoms with Crippen LogP contribution in [0.25, 0.3) is 0 Å². The van der Waals surface area contributed by atoms with Crippen molar-refractivity contribution in [3.63, 3.8) is 0 Å². The lowest BCUT2D eigenvalue weighted by Gasteiger charge is -2.20. The highest BCUT2D eigenvalue weighted by atomic mass is 16.4. The third kappa shape index (κ3) is 8.87. The van der Waals surface area contributed by atoms with E-state index in [-0.39, 0.29) is 12.5 Å². The second-order valence-electron chi connectivity index (χ2n) is 7.84. The molecule has 32 heavy (non-hydrogen) atoms. The molecule has 8 nitrogen and oxygen atoms in total. The summed E-state index contributed by atoms with van der Waals surface area (Å²) in [6.45, 7) is 9.01. The number of hydrogen-bond acceptors (Lipinski definition) is 5. The maximum atomic E-state index is 12.4. The van der Waals surface area contributed by atoms with Crippen LogP contribution in [0.1, 0.15) is 62.3 Å². The van der Waals surface area contributed by atoms with Gasteiger partial charge in [0, 0.05) is 12.2 Å². The maximum absolute atomic E-state index is 12.4. The molecule has 2 aromatic rings. The van der Waals surface area contributed by atoms with E-state index in [9.17, 15) is 9.90 Å². The van der Waals surface area contributed by atoms with Gasteiger partial charge in [-0.05, 0) is 28.5 Å². The average molecular weight is 445 g/mol. The normalized spacial score (nSPS) is 11.5. The van der Waals surface area contributed by atoms with Gasteiger partial charge in [0.05, 0.1) is 12.6 Å². The molecular formula is C24H32N2O6. The fourth-order valence-electron chi connectivity index (χ4n) is 2.99. The number of carbonyl (C=O) groups excluding carboxylic acids is 1. The molecule has 0 saturated carbocycles. The van der Waals surface area contributed by atoms with Crippen molar-refractivity contribution in [3.05, 3.63) is 65.2 Å². The Morgan fingerprint density at radius 1 is 0.812 bits per heavy atom. The van der Waals surface area contributed by atoms with Gasteiger partial charge in [-0.2, -0.15) is 0 Å². The summed E-state index contributed by atoms with van der Waals surface area (Å²) in [6, 6.07) is 15.6. The monoisotopic (exact) mass is 444 g/mol. The summed E-state index contributed by atoms with van der Waals surface area (Å²) in [5.41, 5.74) is 4.06. The van der Waals surface area contributed by atoms with Gasteiger partial charge in [-0.3, -0.25) is 4.79 Å². The molecule has 5 N–H and O–H groups in total. The van der Waals surface area contributed by atoms with Crippen LogP contribution in [0.15, 0.2) is 48.5 Å². The second kappa shape index (κ2) is 13.2. The third-order valence-electron chi connectivity index (χ3n) is 4.63. The van der Waals surface area contributed by atoms with E-state index in [0.29, 0.717) is 18.4 Å². The summed E-state index contributed by atoms with van der Waals surface area (Å²) in [5, 5.41) is 31.1. The van der Waals surface area contributed by atoms with Crippen molar-refractivity contribution < 1.29 is 29.7 Å². The van der Waals surface area contributed by atoms with Crippen molar-refractivity contribution >= 4 is 23.5 Å². The molecule has 0 bridgehead atoms. The fraction of sp³-hybridized carbons (Fsp3) is 0.375. The zero-order valence-electron chi connectivity index (χ0n) is 18.8. The minimum atomic E-state index is -1.82. The van der Waals surface area contributed by atoms with E-state index in [1.165, 1.54) is 0 Å². The molecule has 1 unspecified atom stereocenters. The zero-order valence-corrected chi connectivity index (χ0v) is 18.8. The first-order valence-electron chi connectivity index (χ1n) is 10.4. The van der Waals surface area contributed by atoms with Crippen LogP contribution >= 0.6 is 0 Å². The van der Waals surface area contributed by atoms with Crippen molar-refractivity contribution in [2.75, 3.05) is 18.4 Å². The van der Waals surface area contributed by atoms with Gasteiger partial charge in [-0.15, -0.1) is 0 Å². The number of hydrogen-bond donors (Lipinski definition) is 5. The number of amides is 1. The van der Waals surface area contributed by atoms with Crippen LogP contribution < -0.4 is 10.6 Å². The summed E-state index contributed by atoms with van der Waals surface area (Å²) in [5.74, 6) is -3.08.